The van der Waals surface area contributed by atoms with Gasteiger partial charge >= 0.3 is 5.97 Å². The second-order valence-corrected chi connectivity index (χ2v) is 8.48. The molecular formula is C21H22N2O4S. The first-order valence-electron chi connectivity index (χ1n) is 9.42. The van der Waals surface area contributed by atoms with Gasteiger partial charge in [0.25, 0.3) is 5.91 Å². The Bertz CT molecular complexity index is 961. The van der Waals surface area contributed by atoms with Crippen molar-refractivity contribution in [3.05, 3.63) is 45.8 Å². The predicted octanol–water partition coefficient (Wildman–Crippen LogP) is 3.46. The van der Waals surface area contributed by atoms with Crippen molar-refractivity contribution in [3.63, 3.8) is 0 Å². The minimum absolute atomic E-state index is 0.0448. The van der Waals surface area contributed by atoms with Crippen LogP contribution in [0.25, 0.3) is 0 Å². The normalized spacial score (nSPS) is 15.3. The van der Waals surface area contributed by atoms with E-state index < -0.39 is 5.97 Å². The number of thiophene rings is 1. The van der Waals surface area contributed by atoms with Gasteiger partial charge in [-0.3, -0.25) is 9.59 Å². The maximum atomic E-state index is 12.7. The summed E-state index contributed by atoms with van der Waals surface area (Å²) in [6.07, 6.45) is 2.58. The summed E-state index contributed by atoms with van der Waals surface area (Å²) < 4.78 is 5.34. The van der Waals surface area contributed by atoms with E-state index in [1.54, 1.807) is 4.90 Å². The number of nitrogens with zero attached hydrogens (tertiary/aromatic N) is 1. The van der Waals surface area contributed by atoms with Crippen molar-refractivity contribution in [1.29, 1.82) is 0 Å². The van der Waals surface area contributed by atoms with Gasteiger partial charge in [0.2, 0.25) is 5.91 Å². The summed E-state index contributed by atoms with van der Waals surface area (Å²) in [7, 11) is 0. The van der Waals surface area contributed by atoms with Crippen molar-refractivity contribution < 1.29 is 19.1 Å². The predicted molar refractivity (Wildman–Crippen MR) is 108 cm³/mol. The number of hydrogen-bond donors (Lipinski definition) is 1. The third-order valence-corrected chi connectivity index (χ3v) is 6.41. The zero-order valence-corrected chi connectivity index (χ0v) is 16.7. The number of benzene rings is 1. The summed E-state index contributed by atoms with van der Waals surface area (Å²) >= 11 is 1.36. The van der Waals surface area contributed by atoms with Gasteiger partial charge in [0.1, 0.15) is 5.00 Å². The van der Waals surface area contributed by atoms with Crippen LogP contribution in [-0.4, -0.2) is 30.9 Å². The van der Waals surface area contributed by atoms with Crippen LogP contribution in [0.1, 0.15) is 39.2 Å². The Morgan fingerprint density at radius 2 is 1.96 bits per heavy atom. The number of aryl methyl sites for hydroxylation is 1. The molecule has 0 unspecified atom stereocenters. The van der Waals surface area contributed by atoms with Gasteiger partial charge < -0.3 is 15.0 Å². The maximum absolute atomic E-state index is 12.7. The number of rotatable bonds is 5. The molecule has 0 saturated heterocycles. The van der Waals surface area contributed by atoms with E-state index in [4.69, 9.17) is 4.74 Å². The molecule has 2 aliphatic rings. The molecule has 0 bridgehead atoms. The Morgan fingerprint density at radius 3 is 2.71 bits per heavy atom. The highest BCUT2D eigenvalue weighted by molar-refractivity contribution is 7.16. The second kappa shape index (κ2) is 7.39. The fourth-order valence-corrected chi connectivity index (χ4v) is 4.45. The number of fused-ring (bicyclic) bond motifs is 1. The van der Waals surface area contributed by atoms with Gasteiger partial charge in [-0.25, -0.2) is 4.79 Å². The summed E-state index contributed by atoms with van der Waals surface area (Å²) in [6.45, 7) is 4.00. The molecular weight excluding hydrogens is 376 g/mol. The first-order chi connectivity index (χ1) is 13.5. The number of nitrogens with one attached hydrogen (secondary N) is 1. The lowest BCUT2D eigenvalue weighted by Gasteiger charge is -2.17. The molecule has 1 saturated carbocycles. The number of hydrogen-bond acceptors (Lipinski definition) is 5. The topological polar surface area (TPSA) is 75.7 Å². The lowest BCUT2D eigenvalue weighted by Crippen LogP contribution is -2.33. The molecule has 4 rings (SSSR count). The third-order valence-electron chi connectivity index (χ3n) is 5.29. The molecule has 0 atom stereocenters. The van der Waals surface area contributed by atoms with Crippen LogP contribution in [-0.2, 0) is 20.7 Å². The largest absolute Gasteiger partial charge is 0.452 e. The lowest BCUT2D eigenvalue weighted by molar-refractivity contribution is -0.121. The van der Waals surface area contributed by atoms with E-state index in [2.05, 4.69) is 5.32 Å². The Kier molecular flexibility index (Phi) is 4.93. The molecule has 2 heterocycles. The van der Waals surface area contributed by atoms with E-state index in [0.717, 1.165) is 41.0 Å². The quantitative estimate of drug-likeness (QED) is 0.783. The number of carbonyl (C=O) groups is 3. The molecule has 1 fully saturated rings. The van der Waals surface area contributed by atoms with E-state index in [1.165, 1.54) is 11.3 Å². The van der Waals surface area contributed by atoms with Crippen molar-refractivity contribution in [2.24, 2.45) is 5.92 Å². The average Bonchev–Trinajstić information content (AvgIpc) is 3.39. The van der Waals surface area contributed by atoms with Crippen molar-refractivity contribution >= 4 is 39.8 Å². The first kappa shape index (κ1) is 18.7. The molecule has 7 heteroatoms. The minimum Gasteiger partial charge on any atom is -0.452 e. The van der Waals surface area contributed by atoms with E-state index in [1.807, 2.05) is 38.1 Å². The Labute approximate surface area is 167 Å². The van der Waals surface area contributed by atoms with Crippen LogP contribution in [0.5, 0.6) is 0 Å². The van der Waals surface area contributed by atoms with Gasteiger partial charge in [-0.1, -0.05) is 18.2 Å². The molecule has 1 aliphatic carbocycles. The zero-order chi connectivity index (χ0) is 19.8. The maximum Gasteiger partial charge on any atom is 0.341 e. The molecule has 2 amide bonds. The van der Waals surface area contributed by atoms with Crippen LogP contribution in [0.15, 0.2) is 24.3 Å². The number of para-hydroxylation sites is 1. The summed E-state index contributed by atoms with van der Waals surface area (Å²) in [5.41, 5.74) is 3.13. The van der Waals surface area contributed by atoms with Crippen molar-refractivity contribution in [1.82, 2.24) is 0 Å². The highest BCUT2D eigenvalue weighted by atomic mass is 32.1. The van der Waals surface area contributed by atoms with E-state index in [-0.39, 0.29) is 24.3 Å². The van der Waals surface area contributed by atoms with E-state index in [9.17, 15) is 14.4 Å². The van der Waals surface area contributed by atoms with Crippen molar-refractivity contribution in [3.8, 4) is 0 Å². The van der Waals surface area contributed by atoms with E-state index >= 15 is 0 Å². The fourth-order valence-electron chi connectivity index (χ4n) is 3.39. The highest BCUT2D eigenvalue weighted by Crippen LogP contribution is 2.36. The Morgan fingerprint density at radius 1 is 1.21 bits per heavy atom. The van der Waals surface area contributed by atoms with Gasteiger partial charge in [-0.2, -0.15) is 0 Å². The number of amides is 2. The van der Waals surface area contributed by atoms with E-state index in [0.29, 0.717) is 17.1 Å². The number of carbonyl (C=O) groups excluding carboxylic acids is 3. The van der Waals surface area contributed by atoms with Gasteiger partial charge in [-0.05, 0) is 50.3 Å². The van der Waals surface area contributed by atoms with Crippen LogP contribution >= 0.6 is 11.3 Å². The van der Waals surface area contributed by atoms with Gasteiger partial charge in [-0.15, -0.1) is 11.3 Å². The zero-order valence-electron chi connectivity index (χ0n) is 15.9. The van der Waals surface area contributed by atoms with Gasteiger partial charge in [0, 0.05) is 23.0 Å². The summed E-state index contributed by atoms with van der Waals surface area (Å²) in [6, 6.07) is 7.75. The molecule has 2 aromatic rings. The minimum atomic E-state index is -0.575. The Balaban J connectivity index is 1.44. The number of anilines is 2. The Hall–Kier alpha value is -2.67. The molecule has 1 aliphatic heterocycles. The standard InChI is InChI=1S/C21H22N2O4S/c1-12-13(2)28-20(22-19(25)15-7-8-15)18(12)21(26)27-11-17(24)23-10-9-14-5-3-4-6-16(14)23/h3-6,15H,7-11H2,1-2H3,(H,22,25). The number of esters is 1. The third kappa shape index (κ3) is 3.54. The molecule has 1 aromatic carbocycles. The van der Waals surface area contributed by atoms with Crippen LogP contribution in [0.2, 0.25) is 0 Å². The first-order valence-corrected chi connectivity index (χ1v) is 10.2. The second-order valence-electron chi connectivity index (χ2n) is 7.25. The molecule has 1 N–H and O–H groups in total. The van der Waals surface area contributed by atoms with Crippen molar-refractivity contribution in [2.45, 2.75) is 33.1 Å². The van der Waals surface area contributed by atoms with Crippen LogP contribution in [0.3, 0.4) is 0 Å². The molecule has 1 aromatic heterocycles. The summed E-state index contributed by atoms with van der Waals surface area (Å²) in [5.74, 6) is -0.830. The fraction of sp³-hybridized carbons (Fsp3) is 0.381. The van der Waals surface area contributed by atoms with Crippen LogP contribution < -0.4 is 10.2 Å². The summed E-state index contributed by atoms with van der Waals surface area (Å²) in [5, 5.41) is 3.36. The SMILES string of the molecule is Cc1sc(NC(=O)C2CC2)c(C(=O)OCC(=O)N2CCc3ccccc32)c1C. The lowest BCUT2D eigenvalue weighted by atomic mass is 10.1. The number of ether oxygens (including phenoxy) is 1. The molecule has 28 heavy (non-hydrogen) atoms. The average molecular weight is 398 g/mol. The van der Waals surface area contributed by atoms with Crippen LogP contribution in [0, 0.1) is 19.8 Å². The molecule has 0 radical (unpaired) electrons. The smallest absolute Gasteiger partial charge is 0.341 e. The van der Waals surface area contributed by atoms with Crippen molar-refractivity contribution in [2.75, 3.05) is 23.4 Å². The molecule has 146 valence electrons. The van der Waals surface area contributed by atoms with Gasteiger partial charge in [0.15, 0.2) is 6.61 Å². The molecule has 0 spiro atoms. The van der Waals surface area contributed by atoms with Gasteiger partial charge in [0.05, 0.1) is 5.56 Å². The highest BCUT2D eigenvalue weighted by Gasteiger charge is 2.32. The summed E-state index contributed by atoms with van der Waals surface area (Å²) in [4.78, 5) is 40.0. The molecule has 6 nitrogen and oxygen atoms in total. The van der Waals surface area contributed by atoms with Crippen LogP contribution in [0.4, 0.5) is 10.7 Å². The monoisotopic (exact) mass is 398 g/mol.